The Morgan fingerprint density at radius 3 is 2.38 bits per heavy atom. The van der Waals surface area contributed by atoms with Crippen LogP contribution in [0.15, 0.2) is 18.2 Å². The Labute approximate surface area is 125 Å². The lowest BCUT2D eigenvalue weighted by Crippen LogP contribution is -2.76. The van der Waals surface area contributed by atoms with Crippen molar-refractivity contribution in [1.82, 2.24) is 5.32 Å². The molecule has 0 bridgehead atoms. The largest absolute Gasteiger partial charge is 0.504 e. The number of benzene rings is 1. The lowest BCUT2D eigenvalue weighted by atomic mass is 9.48. The smallest absolute Gasteiger partial charge is 0.255 e. The summed E-state index contributed by atoms with van der Waals surface area (Å²) in [5.74, 6) is -0.173. The molecule has 1 amide bonds. The zero-order valence-corrected chi connectivity index (χ0v) is 13.2. The third kappa shape index (κ3) is 2.25. The van der Waals surface area contributed by atoms with Crippen molar-refractivity contribution in [3.63, 3.8) is 0 Å². The molecule has 0 spiro atoms. The second kappa shape index (κ2) is 4.91. The van der Waals surface area contributed by atoms with Gasteiger partial charge in [-0.3, -0.25) is 4.79 Å². The molecule has 1 aromatic carbocycles. The van der Waals surface area contributed by atoms with Gasteiger partial charge in [0.25, 0.3) is 5.91 Å². The number of nitrogens with one attached hydrogen (secondary N) is 1. The van der Waals surface area contributed by atoms with Crippen LogP contribution in [0.4, 0.5) is 0 Å². The van der Waals surface area contributed by atoms with Crippen molar-refractivity contribution in [1.29, 1.82) is 0 Å². The highest BCUT2D eigenvalue weighted by Crippen LogP contribution is 2.52. The van der Waals surface area contributed by atoms with Gasteiger partial charge in [-0.2, -0.15) is 0 Å². The highest BCUT2D eigenvalue weighted by Gasteiger charge is 2.60. The second-order valence-corrected chi connectivity index (χ2v) is 6.88. The summed E-state index contributed by atoms with van der Waals surface area (Å²) in [6.07, 6.45) is 0. The second-order valence-electron chi connectivity index (χ2n) is 6.88. The van der Waals surface area contributed by atoms with Crippen molar-refractivity contribution in [3.8, 4) is 11.5 Å². The standard InChI is InChI=1S/C16H24N2O3/c1-15(2)13(17)16(3,4)14(15)18-12(20)9-7-6-8-10(21-5)11(9)19/h6-8,13-14,19H,17H2,1-5H3,(H,18,20). The number of methoxy groups -OCH3 is 1. The molecule has 2 rings (SSSR count). The summed E-state index contributed by atoms with van der Waals surface area (Å²) in [4.78, 5) is 12.5. The number of rotatable bonds is 3. The number of carbonyl (C=O) groups excluding carboxylic acids is 1. The van der Waals surface area contributed by atoms with E-state index in [0.29, 0.717) is 0 Å². The molecule has 1 saturated carbocycles. The Balaban J connectivity index is 2.24. The molecule has 4 N–H and O–H groups in total. The zero-order chi connectivity index (χ0) is 16.0. The van der Waals surface area contributed by atoms with Gasteiger partial charge in [0.05, 0.1) is 12.7 Å². The number of phenols is 1. The van der Waals surface area contributed by atoms with Crippen molar-refractivity contribution >= 4 is 5.91 Å². The van der Waals surface area contributed by atoms with Crippen LogP contribution in [0.3, 0.4) is 0 Å². The molecule has 5 nitrogen and oxygen atoms in total. The fourth-order valence-corrected chi connectivity index (χ4v) is 3.63. The number of ether oxygens (including phenoxy) is 1. The van der Waals surface area contributed by atoms with Crippen LogP contribution in [0.25, 0.3) is 0 Å². The van der Waals surface area contributed by atoms with E-state index in [1.165, 1.54) is 7.11 Å². The van der Waals surface area contributed by atoms with Crippen LogP contribution in [-0.4, -0.2) is 30.2 Å². The normalized spacial score (nSPS) is 25.8. The number of para-hydroxylation sites is 1. The summed E-state index contributed by atoms with van der Waals surface area (Å²) in [6, 6.07) is 4.81. The molecule has 0 aromatic heterocycles. The van der Waals surface area contributed by atoms with Gasteiger partial charge in [0.2, 0.25) is 0 Å². The van der Waals surface area contributed by atoms with Gasteiger partial charge in [-0.15, -0.1) is 0 Å². The van der Waals surface area contributed by atoms with Crippen molar-refractivity contribution in [3.05, 3.63) is 23.8 Å². The highest BCUT2D eigenvalue weighted by molar-refractivity contribution is 5.98. The maximum atomic E-state index is 12.5. The molecule has 116 valence electrons. The molecule has 1 fully saturated rings. The van der Waals surface area contributed by atoms with Crippen molar-refractivity contribution in [2.75, 3.05) is 7.11 Å². The predicted molar refractivity (Wildman–Crippen MR) is 81.5 cm³/mol. The van der Waals surface area contributed by atoms with Crippen LogP contribution in [0.1, 0.15) is 38.1 Å². The molecule has 1 aliphatic rings. The molecular weight excluding hydrogens is 268 g/mol. The van der Waals surface area contributed by atoms with Crippen LogP contribution >= 0.6 is 0 Å². The fourth-order valence-electron chi connectivity index (χ4n) is 3.63. The highest BCUT2D eigenvalue weighted by atomic mass is 16.5. The monoisotopic (exact) mass is 292 g/mol. The first-order chi connectivity index (χ1) is 9.64. The van der Waals surface area contributed by atoms with E-state index in [4.69, 9.17) is 10.5 Å². The molecule has 0 unspecified atom stereocenters. The van der Waals surface area contributed by atoms with Gasteiger partial charge in [0, 0.05) is 22.9 Å². The maximum absolute atomic E-state index is 12.5. The first-order valence-electron chi connectivity index (χ1n) is 7.06. The van der Waals surface area contributed by atoms with Crippen molar-refractivity contribution < 1.29 is 14.6 Å². The van der Waals surface area contributed by atoms with Gasteiger partial charge < -0.3 is 20.9 Å². The van der Waals surface area contributed by atoms with Crippen LogP contribution in [0.2, 0.25) is 0 Å². The lowest BCUT2D eigenvalue weighted by molar-refractivity contribution is -0.0663. The zero-order valence-electron chi connectivity index (χ0n) is 13.2. The third-order valence-electron chi connectivity index (χ3n) is 4.83. The first kappa shape index (κ1) is 15.6. The van der Waals surface area contributed by atoms with E-state index in [-0.39, 0.29) is 45.9 Å². The van der Waals surface area contributed by atoms with E-state index in [9.17, 15) is 9.90 Å². The summed E-state index contributed by atoms with van der Waals surface area (Å²) in [6.45, 7) is 8.16. The fraction of sp³-hybridized carbons (Fsp3) is 0.562. The van der Waals surface area contributed by atoms with Gasteiger partial charge in [0.15, 0.2) is 11.5 Å². The predicted octanol–water partition coefficient (Wildman–Crippen LogP) is 1.89. The first-order valence-corrected chi connectivity index (χ1v) is 7.06. The molecule has 1 aliphatic carbocycles. The van der Waals surface area contributed by atoms with Crippen LogP contribution in [0, 0.1) is 10.8 Å². The maximum Gasteiger partial charge on any atom is 0.255 e. The summed E-state index contributed by atoms with van der Waals surface area (Å²) >= 11 is 0. The Hall–Kier alpha value is -1.75. The van der Waals surface area contributed by atoms with Gasteiger partial charge in [0.1, 0.15) is 0 Å². The van der Waals surface area contributed by atoms with E-state index < -0.39 is 0 Å². The Kier molecular flexibility index (Phi) is 3.66. The lowest BCUT2D eigenvalue weighted by Gasteiger charge is -2.62. The number of hydrogen-bond acceptors (Lipinski definition) is 4. The number of nitrogens with two attached hydrogens (primary N) is 1. The van der Waals surface area contributed by atoms with E-state index >= 15 is 0 Å². The van der Waals surface area contributed by atoms with Gasteiger partial charge in [-0.1, -0.05) is 33.8 Å². The number of hydrogen-bond donors (Lipinski definition) is 3. The molecule has 0 atom stereocenters. The minimum atomic E-state index is -0.315. The molecule has 5 heteroatoms. The topological polar surface area (TPSA) is 84.6 Å². The average Bonchev–Trinajstić information content (AvgIpc) is 2.43. The van der Waals surface area contributed by atoms with Crippen LogP contribution in [-0.2, 0) is 0 Å². The van der Waals surface area contributed by atoms with E-state index in [1.54, 1.807) is 18.2 Å². The number of amides is 1. The number of aromatic hydroxyl groups is 1. The number of phenolic OH excluding ortho intramolecular Hbond substituents is 1. The summed E-state index contributed by atoms with van der Waals surface area (Å²) in [5.41, 5.74) is 6.03. The molecule has 0 radical (unpaired) electrons. The van der Waals surface area contributed by atoms with E-state index in [0.717, 1.165) is 0 Å². The number of carbonyl (C=O) groups is 1. The molecule has 1 aromatic rings. The molecule has 21 heavy (non-hydrogen) atoms. The molecule has 0 heterocycles. The van der Waals surface area contributed by atoms with Gasteiger partial charge in [-0.05, 0) is 12.1 Å². The average molecular weight is 292 g/mol. The molecule has 0 saturated heterocycles. The third-order valence-corrected chi connectivity index (χ3v) is 4.83. The Morgan fingerprint density at radius 1 is 1.29 bits per heavy atom. The minimum absolute atomic E-state index is 0.00852. The minimum Gasteiger partial charge on any atom is -0.504 e. The van der Waals surface area contributed by atoms with E-state index in [1.807, 2.05) is 27.7 Å². The summed E-state index contributed by atoms with van der Waals surface area (Å²) in [5, 5.41) is 13.1. The van der Waals surface area contributed by atoms with Crippen molar-refractivity contribution in [2.24, 2.45) is 16.6 Å². The summed E-state index contributed by atoms with van der Waals surface area (Å²) < 4.78 is 5.03. The molecular formula is C16H24N2O3. The SMILES string of the molecule is COc1cccc(C(=O)NC2C(C)(C)C(N)C2(C)C)c1O. The molecule has 0 aliphatic heterocycles. The Morgan fingerprint density at radius 2 is 1.86 bits per heavy atom. The quantitative estimate of drug-likeness (QED) is 0.794. The van der Waals surface area contributed by atoms with Crippen LogP contribution < -0.4 is 15.8 Å². The van der Waals surface area contributed by atoms with Crippen molar-refractivity contribution in [2.45, 2.75) is 39.8 Å². The van der Waals surface area contributed by atoms with Gasteiger partial charge in [-0.25, -0.2) is 0 Å². The van der Waals surface area contributed by atoms with Crippen LogP contribution in [0.5, 0.6) is 11.5 Å². The van der Waals surface area contributed by atoms with E-state index in [2.05, 4.69) is 5.32 Å². The summed E-state index contributed by atoms with van der Waals surface area (Å²) in [7, 11) is 1.45. The van der Waals surface area contributed by atoms with Gasteiger partial charge >= 0.3 is 0 Å². The Bertz CT molecular complexity index is 551.